The molecule has 1 heterocycles. The minimum atomic E-state index is -0.292. The fourth-order valence-electron chi connectivity index (χ4n) is 2.93. The molecule has 31 heavy (non-hydrogen) atoms. The number of amides is 2. The summed E-state index contributed by atoms with van der Waals surface area (Å²) in [6.45, 7) is 6.66. The molecule has 2 aromatic carbocycles. The lowest BCUT2D eigenvalue weighted by Gasteiger charge is -2.18. The van der Waals surface area contributed by atoms with E-state index < -0.39 is 0 Å². The van der Waals surface area contributed by atoms with E-state index in [9.17, 15) is 9.59 Å². The van der Waals surface area contributed by atoms with Crippen LogP contribution in [0.15, 0.2) is 53.1 Å². The molecule has 0 atom stereocenters. The van der Waals surface area contributed by atoms with Crippen molar-refractivity contribution in [3.63, 3.8) is 0 Å². The lowest BCUT2D eigenvalue weighted by Crippen LogP contribution is -2.23. The number of halogens is 1. The maximum absolute atomic E-state index is 12.5. The third-order valence-electron chi connectivity index (χ3n) is 4.39. The molecule has 0 saturated carbocycles. The van der Waals surface area contributed by atoms with Crippen molar-refractivity contribution in [3.8, 4) is 5.75 Å². The summed E-state index contributed by atoms with van der Waals surface area (Å²) in [7, 11) is 0. The average molecular weight is 461 g/mol. The Bertz CT molecular complexity index is 990. The molecule has 0 saturated heterocycles. The zero-order valence-corrected chi connectivity index (χ0v) is 19.2. The van der Waals surface area contributed by atoms with Crippen LogP contribution in [-0.4, -0.2) is 30.3 Å². The Labute approximate surface area is 191 Å². The molecule has 2 aromatic rings. The number of nitrogens with one attached hydrogen (secondary N) is 2. The minimum absolute atomic E-state index is 0.107. The number of hydrogen-bond donors (Lipinski definition) is 2. The van der Waals surface area contributed by atoms with E-state index in [4.69, 9.17) is 21.1 Å². The minimum Gasteiger partial charge on any atom is -0.496 e. The number of anilines is 1. The summed E-state index contributed by atoms with van der Waals surface area (Å²) in [5, 5.41) is 5.91. The molecule has 0 bridgehead atoms. The molecule has 164 valence electrons. The lowest BCUT2D eigenvalue weighted by molar-refractivity contribution is -0.112. The van der Waals surface area contributed by atoms with Gasteiger partial charge in [0.1, 0.15) is 16.4 Å². The second-order valence-electron chi connectivity index (χ2n) is 7.22. The lowest BCUT2D eigenvalue weighted by atomic mass is 10.1. The van der Waals surface area contributed by atoms with E-state index >= 15 is 0 Å². The van der Waals surface area contributed by atoms with E-state index in [2.05, 4.69) is 10.6 Å². The van der Waals surface area contributed by atoms with Crippen LogP contribution in [-0.2, 0) is 16.1 Å². The number of benzene rings is 2. The van der Waals surface area contributed by atoms with Crippen LogP contribution in [0.2, 0.25) is 5.02 Å². The molecule has 0 fully saturated rings. The van der Waals surface area contributed by atoms with Crippen molar-refractivity contribution < 1.29 is 19.1 Å². The first-order valence-electron chi connectivity index (χ1n) is 9.94. The first kappa shape index (κ1) is 23.0. The van der Waals surface area contributed by atoms with Gasteiger partial charge in [-0.3, -0.25) is 9.59 Å². The largest absolute Gasteiger partial charge is 0.496 e. The van der Waals surface area contributed by atoms with Crippen LogP contribution in [0.25, 0.3) is 0 Å². The van der Waals surface area contributed by atoms with Crippen LogP contribution in [0, 0.1) is 0 Å². The summed E-state index contributed by atoms with van der Waals surface area (Å²) in [6.07, 6.45) is 0.107. The van der Waals surface area contributed by atoms with E-state index in [1.807, 2.05) is 38.1 Å². The van der Waals surface area contributed by atoms with Crippen molar-refractivity contribution in [2.75, 3.05) is 17.7 Å². The van der Waals surface area contributed by atoms with Crippen LogP contribution in [0.1, 0.15) is 36.7 Å². The topological polar surface area (TPSA) is 76.7 Å². The molecule has 0 aliphatic carbocycles. The normalized spacial score (nSPS) is 13.6. The van der Waals surface area contributed by atoms with Crippen molar-refractivity contribution in [3.05, 3.63) is 69.3 Å². The van der Waals surface area contributed by atoms with Crippen molar-refractivity contribution in [2.45, 2.75) is 33.4 Å². The highest BCUT2D eigenvalue weighted by Crippen LogP contribution is 2.28. The van der Waals surface area contributed by atoms with E-state index in [-0.39, 0.29) is 22.9 Å². The van der Waals surface area contributed by atoms with Crippen LogP contribution < -0.4 is 15.4 Å². The molecule has 3 rings (SSSR count). The first-order valence-corrected chi connectivity index (χ1v) is 11.3. The van der Waals surface area contributed by atoms with Gasteiger partial charge in [-0.2, -0.15) is 0 Å². The van der Waals surface area contributed by atoms with Crippen molar-refractivity contribution in [1.29, 1.82) is 0 Å². The van der Waals surface area contributed by atoms with Crippen LogP contribution in [0.4, 0.5) is 5.69 Å². The van der Waals surface area contributed by atoms with Gasteiger partial charge in [-0.15, -0.1) is 11.8 Å². The van der Waals surface area contributed by atoms with Crippen molar-refractivity contribution in [1.82, 2.24) is 5.32 Å². The summed E-state index contributed by atoms with van der Waals surface area (Å²) in [5.74, 6) is 1.59. The molecule has 0 spiro atoms. The zero-order chi connectivity index (χ0) is 22.4. The summed E-state index contributed by atoms with van der Waals surface area (Å²) < 4.78 is 11.0. The highest BCUT2D eigenvalue weighted by Gasteiger charge is 2.19. The van der Waals surface area contributed by atoms with Gasteiger partial charge in [0, 0.05) is 18.0 Å². The van der Waals surface area contributed by atoms with E-state index in [0.29, 0.717) is 35.1 Å². The average Bonchev–Trinajstić information content (AvgIpc) is 2.73. The van der Waals surface area contributed by atoms with Crippen LogP contribution in [0.5, 0.6) is 5.75 Å². The third kappa shape index (κ3) is 6.42. The zero-order valence-electron chi connectivity index (χ0n) is 17.7. The van der Waals surface area contributed by atoms with Gasteiger partial charge in [0.05, 0.1) is 23.3 Å². The molecular formula is C23H25ClN2O4S. The van der Waals surface area contributed by atoms with E-state index in [0.717, 1.165) is 17.1 Å². The Morgan fingerprint density at radius 1 is 1.16 bits per heavy atom. The monoisotopic (exact) mass is 460 g/mol. The molecule has 6 nitrogen and oxygen atoms in total. The van der Waals surface area contributed by atoms with E-state index in [1.54, 1.807) is 25.1 Å². The molecule has 8 heteroatoms. The fraction of sp³-hybridized carbons (Fsp3) is 0.304. The Kier molecular flexibility index (Phi) is 7.87. The number of hydrogen-bond acceptors (Lipinski definition) is 5. The Hall–Kier alpha value is -2.64. The summed E-state index contributed by atoms with van der Waals surface area (Å²) in [4.78, 5) is 25.5. The molecule has 0 radical (unpaired) electrons. The van der Waals surface area contributed by atoms with Gasteiger partial charge >= 0.3 is 0 Å². The number of carbonyl (C=O) groups is 2. The molecule has 0 unspecified atom stereocenters. The molecule has 2 amide bonds. The van der Waals surface area contributed by atoms with Gasteiger partial charge < -0.3 is 20.1 Å². The van der Waals surface area contributed by atoms with Gasteiger partial charge in [0.15, 0.2) is 0 Å². The van der Waals surface area contributed by atoms with Gasteiger partial charge in [-0.1, -0.05) is 23.7 Å². The number of thioether (sulfide) groups is 1. The molecule has 0 aromatic heterocycles. The quantitative estimate of drug-likeness (QED) is 0.608. The molecular weight excluding hydrogens is 436 g/mol. The van der Waals surface area contributed by atoms with Gasteiger partial charge in [-0.25, -0.2) is 0 Å². The van der Waals surface area contributed by atoms with Gasteiger partial charge in [0.25, 0.3) is 11.8 Å². The first-order chi connectivity index (χ1) is 14.8. The number of allylic oxidation sites excluding steroid dienone is 1. The Balaban J connectivity index is 1.59. The van der Waals surface area contributed by atoms with Crippen molar-refractivity contribution >= 4 is 40.9 Å². The fourth-order valence-corrected chi connectivity index (χ4v) is 4.01. The molecule has 2 N–H and O–H groups in total. The standard InChI is InChI=1S/C23H25ClN2O4S/c1-14(2)30-18-7-4-16(5-8-18)13-25-22(27)19-9-6-17(12-20(19)24)26-23(28)21-15(3)29-10-11-31-21/h4-9,12,14H,10-11,13H2,1-3H3,(H,25,27)(H,26,28). The highest BCUT2D eigenvalue weighted by molar-refractivity contribution is 8.04. The second-order valence-corrected chi connectivity index (χ2v) is 8.74. The maximum Gasteiger partial charge on any atom is 0.265 e. The predicted molar refractivity (Wildman–Crippen MR) is 125 cm³/mol. The second kappa shape index (κ2) is 10.6. The smallest absolute Gasteiger partial charge is 0.265 e. The highest BCUT2D eigenvalue weighted by atomic mass is 35.5. The SMILES string of the molecule is CC1=C(C(=O)Nc2ccc(C(=O)NCc3ccc(OC(C)C)cc3)c(Cl)c2)SCCO1. The predicted octanol–water partition coefficient (Wildman–Crippen LogP) is 4.99. The number of ether oxygens (including phenoxy) is 2. The van der Waals surface area contributed by atoms with Gasteiger partial charge in [-0.05, 0) is 56.7 Å². The number of rotatable bonds is 7. The maximum atomic E-state index is 12.5. The molecule has 1 aliphatic rings. The summed E-state index contributed by atoms with van der Waals surface area (Å²) >= 11 is 7.76. The Morgan fingerprint density at radius 2 is 1.90 bits per heavy atom. The van der Waals surface area contributed by atoms with Crippen molar-refractivity contribution in [2.24, 2.45) is 0 Å². The van der Waals surface area contributed by atoms with E-state index in [1.165, 1.54) is 11.8 Å². The van der Waals surface area contributed by atoms with Crippen LogP contribution >= 0.6 is 23.4 Å². The van der Waals surface area contributed by atoms with Gasteiger partial charge in [0.2, 0.25) is 0 Å². The summed E-state index contributed by atoms with van der Waals surface area (Å²) in [5.41, 5.74) is 1.80. The van der Waals surface area contributed by atoms with Crippen LogP contribution in [0.3, 0.4) is 0 Å². The third-order valence-corrected chi connectivity index (χ3v) is 5.84. The number of carbonyl (C=O) groups excluding carboxylic acids is 2. The molecule has 1 aliphatic heterocycles. The summed E-state index contributed by atoms with van der Waals surface area (Å²) in [6, 6.07) is 12.4. The Morgan fingerprint density at radius 3 is 2.55 bits per heavy atom.